The van der Waals surface area contributed by atoms with Crippen molar-refractivity contribution in [3.8, 4) is 0 Å². The van der Waals surface area contributed by atoms with E-state index in [1.807, 2.05) is 20.8 Å². The van der Waals surface area contributed by atoms with Crippen molar-refractivity contribution in [2.75, 3.05) is 0 Å². The van der Waals surface area contributed by atoms with E-state index in [-0.39, 0.29) is 22.8 Å². The fourth-order valence-electron chi connectivity index (χ4n) is 2.25. The van der Waals surface area contributed by atoms with Crippen LogP contribution in [0.15, 0.2) is 0 Å². The fourth-order valence-corrected chi connectivity index (χ4v) is 2.25. The zero-order valence-corrected chi connectivity index (χ0v) is 11.3. The van der Waals surface area contributed by atoms with Gasteiger partial charge in [-0.1, -0.05) is 41.0 Å². The topological polar surface area (TPSA) is 55.1 Å². The standard InChI is InChI=1S/C13H26N2O/c1-12(2,3)10(14)11(16)15-9-7-6-8-13(9,4)5/h9-10H,6-8,14H2,1-5H3,(H,15,16)/t9?,10-/m0/s1. The lowest BCUT2D eigenvalue weighted by molar-refractivity contribution is -0.125. The fraction of sp³-hybridized carbons (Fsp3) is 0.923. The van der Waals surface area contributed by atoms with Crippen molar-refractivity contribution in [3.05, 3.63) is 0 Å². The van der Waals surface area contributed by atoms with Gasteiger partial charge < -0.3 is 11.1 Å². The van der Waals surface area contributed by atoms with Crippen molar-refractivity contribution >= 4 is 5.91 Å². The van der Waals surface area contributed by atoms with E-state index >= 15 is 0 Å². The largest absolute Gasteiger partial charge is 0.351 e. The van der Waals surface area contributed by atoms with E-state index in [1.165, 1.54) is 12.8 Å². The van der Waals surface area contributed by atoms with Crippen molar-refractivity contribution in [3.63, 3.8) is 0 Å². The summed E-state index contributed by atoms with van der Waals surface area (Å²) in [6.07, 6.45) is 3.46. The van der Waals surface area contributed by atoms with Gasteiger partial charge in [0.2, 0.25) is 5.91 Å². The van der Waals surface area contributed by atoms with Gasteiger partial charge in [0.25, 0.3) is 0 Å². The van der Waals surface area contributed by atoms with Crippen LogP contribution in [0.4, 0.5) is 0 Å². The Morgan fingerprint density at radius 2 is 2.00 bits per heavy atom. The number of hydrogen-bond acceptors (Lipinski definition) is 2. The summed E-state index contributed by atoms with van der Waals surface area (Å²) in [6, 6.07) is -0.141. The van der Waals surface area contributed by atoms with Crippen LogP contribution >= 0.6 is 0 Å². The Balaban J connectivity index is 2.58. The lowest BCUT2D eigenvalue weighted by Crippen LogP contribution is -2.53. The highest BCUT2D eigenvalue weighted by molar-refractivity contribution is 5.82. The Bertz CT molecular complexity index is 266. The van der Waals surface area contributed by atoms with Gasteiger partial charge in [0.15, 0.2) is 0 Å². The molecule has 1 unspecified atom stereocenters. The molecule has 1 aliphatic carbocycles. The minimum absolute atomic E-state index is 0.00697. The number of amides is 1. The Kier molecular flexibility index (Phi) is 3.68. The molecule has 0 aliphatic heterocycles. The molecule has 0 radical (unpaired) electrons. The van der Waals surface area contributed by atoms with Crippen LogP contribution in [0.25, 0.3) is 0 Å². The van der Waals surface area contributed by atoms with Crippen molar-refractivity contribution in [2.45, 2.75) is 66.0 Å². The van der Waals surface area contributed by atoms with Crippen LogP contribution < -0.4 is 11.1 Å². The zero-order chi connectivity index (χ0) is 12.6. The van der Waals surface area contributed by atoms with Gasteiger partial charge in [-0.2, -0.15) is 0 Å². The van der Waals surface area contributed by atoms with Gasteiger partial charge in [-0.3, -0.25) is 4.79 Å². The van der Waals surface area contributed by atoms with Crippen LogP contribution in [-0.2, 0) is 4.79 Å². The average molecular weight is 226 g/mol. The van der Waals surface area contributed by atoms with Gasteiger partial charge in [-0.25, -0.2) is 0 Å². The molecule has 0 saturated heterocycles. The molecule has 94 valence electrons. The first-order valence-corrected chi connectivity index (χ1v) is 6.20. The number of carbonyl (C=O) groups is 1. The van der Waals surface area contributed by atoms with E-state index in [1.54, 1.807) is 0 Å². The first-order chi connectivity index (χ1) is 7.14. The lowest BCUT2D eigenvalue weighted by Gasteiger charge is -2.32. The molecule has 3 heteroatoms. The van der Waals surface area contributed by atoms with E-state index in [2.05, 4.69) is 19.2 Å². The zero-order valence-electron chi connectivity index (χ0n) is 11.3. The van der Waals surface area contributed by atoms with Crippen molar-refractivity contribution in [1.29, 1.82) is 0 Å². The number of rotatable bonds is 2. The van der Waals surface area contributed by atoms with Gasteiger partial charge in [0.05, 0.1) is 6.04 Å². The summed E-state index contributed by atoms with van der Waals surface area (Å²) < 4.78 is 0. The summed E-state index contributed by atoms with van der Waals surface area (Å²) >= 11 is 0. The smallest absolute Gasteiger partial charge is 0.237 e. The molecule has 3 N–H and O–H groups in total. The molecule has 1 saturated carbocycles. The van der Waals surface area contributed by atoms with Crippen LogP contribution in [0.2, 0.25) is 0 Å². The highest BCUT2D eigenvalue weighted by atomic mass is 16.2. The maximum atomic E-state index is 12.0. The summed E-state index contributed by atoms with van der Waals surface area (Å²) in [5.74, 6) is -0.00697. The molecule has 0 bridgehead atoms. The predicted octanol–water partition coefficient (Wildman–Crippen LogP) is 2.05. The average Bonchev–Trinajstić information content (AvgIpc) is 2.43. The normalized spacial score (nSPS) is 26.5. The highest BCUT2D eigenvalue weighted by Gasteiger charge is 2.37. The third kappa shape index (κ3) is 2.97. The maximum Gasteiger partial charge on any atom is 0.237 e. The molecule has 2 atom stereocenters. The molecule has 1 amide bonds. The minimum atomic E-state index is -0.427. The molecule has 1 rings (SSSR count). The molecule has 0 aromatic carbocycles. The number of carbonyl (C=O) groups excluding carboxylic acids is 1. The maximum absolute atomic E-state index is 12.0. The summed E-state index contributed by atoms with van der Waals surface area (Å²) in [4.78, 5) is 12.0. The molecule has 0 spiro atoms. The van der Waals surface area contributed by atoms with Crippen molar-refractivity contribution in [2.24, 2.45) is 16.6 Å². The summed E-state index contributed by atoms with van der Waals surface area (Å²) in [6.45, 7) is 10.4. The molecule has 3 nitrogen and oxygen atoms in total. The second-order valence-corrected chi connectivity index (χ2v) is 6.79. The highest BCUT2D eigenvalue weighted by Crippen LogP contribution is 2.37. The SMILES string of the molecule is CC1(C)CCCC1NC(=O)[C@H](N)C(C)(C)C. The van der Waals surface area contributed by atoms with Crippen LogP contribution in [0, 0.1) is 10.8 Å². The molecule has 0 aromatic rings. The first kappa shape index (κ1) is 13.5. The van der Waals surface area contributed by atoms with Crippen molar-refractivity contribution in [1.82, 2.24) is 5.32 Å². The third-order valence-electron chi connectivity index (χ3n) is 3.79. The summed E-state index contributed by atoms with van der Waals surface area (Å²) in [5, 5.41) is 3.11. The van der Waals surface area contributed by atoms with Crippen LogP contribution in [0.3, 0.4) is 0 Å². The second-order valence-electron chi connectivity index (χ2n) is 6.79. The van der Waals surface area contributed by atoms with Gasteiger partial charge >= 0.3 is 0 Å². The van der Waals surface area contributed by atoms with Gasteiger partial charge in [-0.15, -0.1) is 0 Å². The Labute approximate surface area is 99.2 Å². The summed E-state index contributed by atoms with van der Waals surface area (Å²) in [5.41, 5.74) is 5.99. The second kappa shape index (κ2) is 4.36. The van der Waals surface area contributed by atoms with E-state index in [0.717, 1.165) is 6.42 Å². The van der Waals surface area contributed by atoms with Crippen LogP contribution in [0.5, 0.6) is 0 Å². The van der Waals surface area contributed by atoms with Gasteiger partial charge in [-0.05, 0) is 23.7 Å². The molecular formula is C13H26N2O. The molecule has 1 fully saturated rings. The molecule has 0 aromatic heterocycles. The number of hydrogen-bond donors (Lipinski definition) is 2. The lowest BCUT2D eigenvalue weighted by atomic mass is 9.84. The predicted molar refractivity (Wildman–Crippen MR) is 67.0 cm³/mol. The molecular weight excluding hydrogens is 200 g/mol. The number of nitrogens with two attached hydrogens (primary N) is 1. The Morgan fingerprint density at radius 3 is 2.38 bits per heavy atom. The molecule has 0 heterocycles. The summed E-state index contributed by atoms with van der Waals surface area (Å²) in [7, 11) is 0. The molecule has 16 heavy (non-hydrogen) atoms. The quantitative estimate of drug-likeness (QED) is 0.757. The van der Waals surface area contributed by atoms with Crippen molar-refractivity contribution < 1.29 is 4.79 Å². The van der Waals surface area contributed by atoms with E-state index in [9.17, 15) is 4.79 Å². The Hall–Kier alpha value is -0.570. The minimum Gasteiger partial charge on any atom is -0.351 e. The Morgan fingerprint density at radius 1 is 1.44 bits per heavy atom. The van der Waals surface area contributed by atoms with E-state index < -0.39 is 6.04 Å². The van der Waals surface area contributed by atoms with Crippen LogP contribution in [-0.4, -0.2) is 18.0 Å². The van der Waals surface area contributed by atoms with E-state index in [0.29, 0.717) is 0 Å². The molecule has 1 aliphatic rings. The monoisotopic (exact) mass is 226 g/mol. The number of nitrogens with one attached hydrogen (secondary N) is 1. The van der Waals surface area contributed by atoms with Crippen LogP contribution in [0.1, 0.15) is 53.9 Å². The van der Waals surface area contributed by atoms with Gasteiger partial charge in [0, 0.05) is 6.04 Å². The first-order valence-electron chi connectivity index (χ1n) is 6.20. The van der Waals surface area contributed by atoms with E-state index in [4.69, 9.17) is 5.73 Å². The van der Waals surface area contributed by atoms with Gasteiger partial charge in [0.1, 0.15) is 0 Å². The third-order valence-corrected chi connectivity index (χ3v) is 3.79.